The van der Waals surface area contributed by atoms with E-state index >= 15 is 0 Å². The summed E-state index contributed by atoms with van der Waals surface area (Å²) in [4.78, 5) is 0. The molecule has 0 aromatic heterocycles. The Hall–Kier alpha value is -0.180. The first kappa shape index (κ1) is 15.8. The summed E-state index contributed by atoms with van der Waals surface area (Å²) >= 11 is 0. The fourth-order valence-electron chi connectivity index (χ4n) is 1.37. The van der Waals surface area contributed by atoms with Gasteiger partial charge in [0.2, 0.25) is 10.0 Å². The van der Waals surface area contributed by atoms with Gasteiger partial charge in [0, 0.05) is 18.3 Å². The molecule has 0 bridgehead atoms. The Morgan fingerprint density at radius 2 is 1.56 bits per heavy atom. The molecule has 0 unspecified atom stereocenters. The summed E-state index contributed by atoms with van der Waals surface area (Å²) in [6, 6.07) is 0. The first-order chi connectivity index (χ1) is 7.10. The average Bonchev–Trinajstić information content (AvgIpc) is 2.10. The van der Waals surface area contributed by atoms with Crippen LogP contribution < -0.4 is 10.5 Å². The van der Waals surface area contributed by atoms with Crippen molar-refractivity contribution in [2.75, 3.05) is 17.9 Å². The molecular weight excluding hydrogens is 252 g/mol. The molecule has 0 radical (unpaired) electrons. The molecule has 0 aliphatic heterocycles. The average molecular weight is 272 g/mol. The van der Waals surface area contributed by atoms with E-state index in [9.17, 15) is 16.8 Å². The standard InChI is InChI=1S/C8H20N2O4S2/c1-4-8(5-2,6-9)10-16(13,14)7-15(3,11)12/h10H,4-7,9H2,1-3H3. The van der Waals surface area contributed by atoms with Crippen LogP contribution in [0.25, 0.3) is 0 Å². The molecule has 0 atom stereocenters. The van der Waals surface area contributed by atoms with E-state index in [1.54, 1.807) is 13.8 Å². The Labute approximate surface area is 97.6 Å². The van der Waals surface area contributed by atoms with E-state index in [-0.39, 0.29) is 6.54 Å². The van der Waals surface area contributed by atoms with Gasteiger partial charge in [-0.05, 0) is 12.8 Å². The van der Waals surface area contributed by atoms with Gasteiger partial charge in [0.1, 0.15) is 0 Å². The molecule has 0 amide bonds. The summed E-state index contributed by atoms with van der Waals surface area (Å²) in [5, 5.41) is -0.901. The Morgan fingerprint density at radius 3 is 1.81 bits per heavy atom. The van der Waals surface area contributed by atoms with Crippen LogP contribution in [0.5, 0.6) is 0 Å². The Balaban J connectivity index is 4.95. The normalized spacial score (nSPS) is 14.0. The second kappa shape index (κ2) is 5.44. The molecule has 98 valence electrons. The molecule has 0 fully saturated rings. The lowest BCUT2D eigenvalue weighted by Crippen LogP contribution is -2.53. The summed E-state index contributed by atoms with van der Waals surface area (Å²) in [5.41, 5.74) is 4.78. The van der Waals surface area contributed by atoms with Crippen LogP contribution in [-0.4, -0.2) is 40.3 Å². The molecule has 0 saturated heterocycles. The van der Waals surface area contributed by atoms with Crippen LogP contribution in [0, 0.1) is 0 Å². The highest BCUT2D eigenvalue weighted by atomic mass is 32.3. The summed E-state index contributed by atoms with van der Waals surface area (Å²) in [7, 11) is -7.42. The minimum Gasteiger partial charge on any atom is -0.329 e. The van der Waals surface area contributed by atoms with Gasteiger partial charge in [-0.3, -0.25) is 0 Å². The van der Waals surface area contributed by atoms with Crippen LogP contribution in [0.2, 0.25) is 0 Å². The van der Waals surface area contributed by atoms with Crippen LogP contribution in [0.4, 0.5) is 0 Å². The molecule has 8 heteroatoms. The number of rotatable bonds is 7. The van der Waals surface area contributed by atoms with Crippen molar-refractivity contribution in [3.63, 3.8) is 0 Å². The minimum absolute atomic E-state index is 0.142. The maximum atomic E-state index is 11.6. The summed E-state index contributed by atoms with van der Waals surface area (Å²) in [5.74, 6) is 0. The SMILES string of the molecule is CCC(CC)(CN)NS(=O)(=O)CS(C)(=O)=O. The number of nitrogens with one attached hydrogen (secondary N) is 1. The van der Waals surface area contributed by atoms with Crippen LogP contribution in [0.3, 0.4) is 0 Å². The Bertz CT molecular complexity index is 401. The zero-order chi connectivity index (χ0) is 13.0. The number of nitrogens with two attached hydrogens (primary N) is 1. The van der Waals surface area contributed by atoms with Gasteiger partial charge >= 0.3 is 0 Å². The van der Waals surface area contributed by atoms with Gasteiger partial charge in [-0.25, -0.2) is 21.6 Å². The molecule has 0 rings (SSSR count). The molecule has 0 aliphatic carbocycles. The largest absolute Gasteiger partial charge is 0.329 e. The fraction of sp³-hybridized carbons (Fsp3) is 1.00. The zero-order valence-electron chi connectivity index (χ0n) is 9.86. The molecule has 0 aliphatic rings. The Kier molecular flexibility index (Phi) is 5.37. The lowest BCUT2D eigenvalue weighted by Gasteiger charge is -2.30. The highest BCUT2D eigenvalue weighted by molar-refractivity contribution is 8.06. The molecule has 0 saturated carbocycles. The van der Waals surface area contributed by atoms with E-state index in [4.69, 9.17) is 5.73 Å². The highest BCUT2D eigenvalue weighted by Crippen LogP contribution is 2.15. The van der Waals surface area contributed by atoms with Crippen LogP contribution in [-0.2, 0) is 19.9 Å². The van der Waals surface area contributed by atoms with Gasteiger partial charge < -0.3 is 5.73 Å². The van der Waals surface area contributed by atoms with Crippen molar-refractivity contribution in [1.29, 1.82) is 0 Å². The van der Waals surface area contributed by atoms with Crippen molar-refractivity contribution in [2.45, 2.75) is 32.2 Å². The van der Waals surface area contributed by atoms with Gasteiger partial charge in [-0.15, -0.1) is 0 Å². The predicted molar refractivity (Wildman–Crippen MR) is 64.1 cm³/mol. The van der Waals surface area contributed by atoms with Crippen molar-refractivity contribution in [3.05, 3.63) is 0 Å². The minimum atomic E-state index is -3.85. The molecule has 0 aromatic rings. The zero-order valence-corrected chi connectivity index (χ0v) is 11.5. The first-order valence-corrected chi connectivity index (χ1v) is 8.70. The Morgan fingerprint density at radius 1 is 1.12 bits per heavy atom. The number of sulfonamides is 1. The maximum absolute atomic E-state index is 11.6. The molecule has 0 spiro atoms. The first-order valence-electron chi connectivity index (χ1n) is 4.99. The van der Waals surface area contributed by atoms with Gasteiger partial charge in [0.25, 0.3) is 0 Å². The smallest absolute Gasteiger partial charge is 0.226 e. The number of hydrogen-bond acceptors (Lipinski definition) is 5. The summed E-state index contributed by atoms with van der Waals surface area (Å²) in [6.45, 7) is 3.75. The lowest BCUT2D eigenvalue weighted by atomic mass is 9.95. The van der Waals surface area contributed by atoms with Gasteiger partial charge in [0.15, 0.2) is 14.9 Å². The molecule has 0 aromatic carbocycles. The predicted octanol–water partition coefficient (Wildman–Crippen LogP) is -0.575. The summed E-state index contributed by atoms with van der Waals surface area (Å²) in [6.07, 6.45) is 1.92. The van der Waals surface area contributed by atoms with Gasteiger partial charge in [-0.1, -0.05) is 13.8 Å². The van der Waals surface area contributed by atoms with Gasteiger partial charge in [-0.2, -0.15) is 0 Å². The third-order valence-electron chi connectivity index (χ3n) is 2.49. The quantitative estimate of drug-likeness (QED) is 0.645. The second-order valence-electron chi connectivity index (χ2n) is 3.95. The monoisotopic (exact) mass is 272 g/mol. The summed E-state index contributed by atoms with van der Waals surface area (Å²) < 4.78 is 47.5. The van der Waals surface area contributed by atoms with E-state index in [2.05, 4.69) is 4.72 Å². The lowest BCUT2D eigenvalue weighted by molar-refractivity contribution is 0.364. The third kappa shape index (κ3) is 5.24. The van der Waals surface area contributed by atoms with E-state index in [0.29, 0.717) is 12.8 Å². The number of sulfone groups is 1. The van der Waals surface area contributed by atoms with Gasteiger partial charge in [0.05, 0.1) is 0 Å². The highest BCUT2D eigenvalue weighted by Gasteiger charge is 2.31. The fourth-order valence-corrected chi connectivity index (χ4v) is 4.89. The van der Waals surface area contributed by atoms with Crippen LogP contribution >= 0.6 is 0 Å². The van der Waals surface area contributed by atoms with Crippen LogP contribution in [0.1, 0.15) is 26.7 Å². The van der Waals surface area contributed by atoms with Crippen molar-refractivity contribution < 1.29 is 16.8 Å². The molecular formula is C8H20N2O4S2. The van der Waals surface area contributed by atoms with E-state index in [1.165, 1.54) is 0 Å². The second-order valence-corrected chi connectivity index (χ2v) is 8.18. The molecule has 6 nitrogen and oxygen atoms in total. The van der Waals surface area contributed by atoms with Crippen LogP contribution in [0.15, 0.2) is 0 Å². The third-order valence-corrected chi connectivity index (χ3v) is 6.18. The molecule has 3 N–H and O–H groups in total. The van der Waals surface area contributed by atoms with Crippen molar-refractivity contribution >= 4 is 19.9 Å². The molecule has 16 heavy (non-hydrogen) atoms. The van der Waals surface area contributed by atoms with E-state index in [1.807, 2.05) is 0 Å². The van der Waals surface area contributed by atoms with E-state index in [0.717, 1.165) is 6.26 Å². The van der Waals surface area contributed by atoms with Crippen molar-refractivity contribution in [2.24, 2.45) is 5.73 Å². The van der Waals surface area contributed by atoms with Crippen molar-refractivity contribution in [1.82, 2.24) is 4.72 Å². The molecule has 0 heterocycles. The van der Waals surface area contributed by atoms with Crippen molar-refractivity contribution in [3.8, 4) is 0 Å². The number of hydrogen-bond donors (Lipinski definition) is 2. The van der Waals surface area contributed by atoms with E-state index < -0.39 is 30.5 Å². The maximum Gasteiger partial charge on any atom is 0.226 e. The topological polar surface area (TPSA) is 106 Å².